The molecule has 0 aliphatic heterocycles. The average Bonchev–Trinajstić information content (AvgIpc) is 2.80. The van der Waals surface area contributed by atoms with Gasteiger partial charge in [0, 0.05) is 6.42 Å². The lowest BCUT2D eigenvalue weighted by atomic mass is 9.72. The smallest absolute Gasteiger partial charge is 0.310 e. The molecule has 1 aromatic heterocycles. The molecule has 2 N–H and O–H groups in total. The quantitative estimate of drug-likeness (QED) is 0.904. The van der Waals surface area contributed by atoms with Crippen LogP contribution in [0.1, 0.15) is 37.9 Å². The second-order valence-corrected chi connectivity index (χ2v) is 5.67. The number of hydrogen-bond acceptors (Lipinski definition) is 2. The third-order valence-corrected chi connectivity index (χ3v) is 4.26. The Balaban J connectivity index is 1.92. The van der Waals surface area contributed by atoms with Crippen molar-refractivity contribution in [3.05, 3.63) is 29.8 Å². The molecule has 0 spiro atoms. The number of carboxylic acid groups (broad SMARTS) is 1. The molecule has 3 rings (SSSR count). The first-order valence-corrected chi connectivity index (χ1v) is 6.97. The molecule has 4 nitrogen and oxygen atoms in total. The fourth-order valence-corrected chi connectivity index (χ4v) is 3.13. The van der Waals surface area contributed by atoms with E-state index in [0.29, 0.717) is 36.1 Å². The Kier molecular flexibility index (Phi) is 3.20. The van der Waals surface area contributed by atoms with Crippen LogP contribution in [-0.4, -0.2) is 21.0 Å². The number of nitrogens with zero attached hydrogens (tertiary/aromatic N) is 1. The van der Waals surface area contributed by atoms with Crippen LogP contribution in [0.5, 0.6) is 0 Å². The van der Waals surface area contributed by atoms with Gasteiger partial charge in [0.25, 0.3) is 0 Å². The van der Waals surface area contributed by atoms with Gasteiger partial charge in [-0.1, -0.05) is 19.3 Å². The number of aliphatic carboxylic acids is 1. The maximum Gasteiger partial charge on any atom is 0.310 e. The first-order valence-electron chi connectivity index (χ1n) is 6.97. The van der Waals surface area contributed by atoms with Crippen molar-refractivity contribution in [3.8, 4) is 0 Å². The van der Waals surface area contributed by atoms with Crippen molar-refractivity contribution in [2.75, 3.05) is 0 Å². The third-order valence-electron chi connectivity index (χ3n) is 4.26. The van der Waals surface area contributed by atoms with Crippen molar-refractivity contribution < 1.29 is 14.3 Å². The first-order chi connectivity index (χ1) is 9.59. The van der Waals surface area contributed by atoms with E-state index in [4.69, 9.17) is 0 Å². The molecule has 1 saturated carbocycles. The summed E-state index contributed by atoms with van der Waals surface area (Å²) in [5, 5.41) is 9.57. The minimum Gasteiger partial charge on any atom is -0.481 e. The van der Waals surface area contributed by atoms with Crippen LogP contribution in [0.4, 0.5) is 4.39 Å². The van der Waals surface area contributed by atoms with Crippen molar-refractivity contribution in [3.63, 3.8) is 0 Å². The number of aromatic amines is 1. The van der Waals surface area contributed by atoms with Crippen LogP contribution in [0.2, 0.25) is 0 Å². The molecular weight excluding hydrogens is 259 g/mol. The van der Waals surface area contributed by atoms with E-state index >= 15 is 0 Å². The lowest BCUT2D eigenvalue weighted by molar-refractivity contribution is -0.151. The summed E-state index contributed by atoms with van der Waals surface area (Å²) in [5.41, 5.74) is 0.583. The van der Waals surface area contributed by atoms with Gasteiger partial charge < -0.3 is 10.1 Å². The zero-order valence-electron chi connectivity index (χ0n) is 11.2. The molecule has 2 aromatic rings. The van der Waals surface area contributed by atoms with E-state index in [1.807, 2.05) is 0 Å². The van der Waals surface area contributed by atoms with Gasteiger partial charge in [0.2, 0.25) is 0 Å². The topological polar surface area (TPSA) is 66.0 Å². The van der Waals surface area contributed by atoms with Crippen LogP contribution in [0.3, 0.4) is 0 Å². The van der Waals surface area contributed by atoms with E-state index in [1.54, 1.807) is 6.07 Å². The lowest BCUT2D eigenvalue weighted by Crippen LogP contribution is -2.35. The van der Waals surface area contributed by atoms with Gasteiger partial charge in [-0.3, -0.25) is 4.79 Å². The molecule has 1 aromatic carbocycles. The van der Waals surface area contributed by atoms with E-state index in [9.17, 15) is 14.3 Å². The number of benzene rings is 1. The molecule has 20 heavy (non-hydrogen) atoms. The van der Waals surface area contributed by atoms with Gasteiger partial charge in [0.05, 0.1) is 16.4 Å². The normalized spacial score (nSPS) is 18.2. The van der Waals surface area contributed by atoms with Gasteiger partial charge in [-0.2, -0.15) is 0 Å². The van der Waals surface area contributed by atoms with Crippen LogP contribution in [0.15, 0.2) is 18.2 Å². The van der Waals surface area contributed by atoms with Gasteiger partial charge in [0.1, 0.15) is 11.6 Å². The lowest BCUT2D eigenvalue weighted by Gasteiger charge is -2.32. The predicted octanol–water partition coefficient (Wildman–Crippen LogP) is 3.28. The molecule has 1 fully saturated rings. The monoisotopic (exact) mass is 276 g/mol. The van der Waals surface area contributed by atoms with Gasteiger partial charge >= 0.3 is 5.97 Å². The zero-order chi connectivity index (χ0) is 14.2. The molecule has 5 heteroatoms. The Bertz CT molecular complexity index is 644. The largest absolute Gasteiger partial charge is 0.481 e. The Labute approximate surface area is 116 Å². The number of nitrogens with one attached hydrogen (secondary N) is 1. The highest BCUT2D eigenvalue weighted by atomic mass is 19.1. The fourth-order valence-electron chi connectivity index (χ4n) is 3.13. The molecule has 0 bridgehead atoms. The minimum absolute atomic E-state index is 0.321. The molecule has 1 aliphatic rings. The van der Waals surface area contributed by atoms with Crippen molar-refractivity contribution in [1.82, 2.24) is 9.97 Å². The summed E-state index contributed by atoms with van der Waals surface area (Å²) in [5.74, 6) is -0.433. The van der Waals surface area contributed by atoms with Crippen molar-refractivity contribution in [1.29, 1.82) is 0 Å². The second kappa shape index (κ2) is 4.89. The molecule has 1 aliphatic carbocycles. The number of carboxylic acids is 1. The summed E-state index contributed by atoms with van der Waals surface area (Å²) in [4.78, 5) is 19.1. The summed E-state index contributed by atoms with van der Waals surface area (Å²) in [7, 11) is 0. The third kappa shape index (κ3) is 2.28. The van der Waals surface area contributed by atoms with Crippen molar-refractivity contribution in [2.45, 2.75) is 38.5 Å². The van der Waals surface area contributed by atoms with E-state index in [0.717, 1.165) is 19.3 Å². The molecule has 0 amide bonds. The van der Waals surface area contributed by atoms with E-state index in [2.05, 4.69) is 9.97 Å². The second-order valence-electron chi connectivity index (χ2n) is 5.67. The summed E-state index contributed by atoms with van der Waals surface area (Å²) < 4.78 is 13.2. The average molecular weight is 276 g/mol. The molecule has 0 atom stereocenters. The van der Waals surface area contributed by atoms with Crippen molar-refractivity contribution in [2.24, 2.45) is 5.41 Å². The summed E-state index contributed by atoms with van der Waals surface area (Å²) in [6.07, 6.45) is 4.75. The standard InChI is InChI=1S/C15H17FN2O2/c16-10-4-5-11-12(8-10)18-13(17-11)9-15(14(19)20)6-2-1-3-7-15/h4-5,8H,1-3,6-7,9H2,(H,17,18)(H,19,20). The summed E-state index contributed by atoms with van der Waals surface area (Å²) >= 11 is 0. The maximum atomic E-state index is 13.2. The predicted molar refractivity (Wildman–Crippen MR) is 72.9 cm³/mol. The number of aromatic nitrogens is 2. The number of imidazole rings is 1. The molecule has 0 saturated heterocycles. The summed E-state index contributed by atoms with van der Waals surface area (Å²) in [6.45, 7) is 0. The van der Waals surface area contributed by atoms with Crippen LogP contribution < -0.4 is 0 Å². The number of carbonyl (C=O) groups is 1. The number of rotatable bonds is 3. The highest BCUT2D eigenvalue weighted by molar-refractivity contribution is 5.77. The van der Waals surface area contributed by atoms with Gasteiger partial charge in [-0.25, -0.2) is 9.37 Å². The van der Waals surface area contributed by atoms with E-state index < -0.39 is 11.4 Å². The molecular formula is C15H17FN2O2. The fraction of sp³-hybridized carbons (Fsp3) is 0.467. The number of fused-ring (bicyclic) bond motifs is 1. The van der Waals surface area contributed by atoms with Crippen LogP contribution >= 0.6 is 0 Å². The Morgan fingerprint density at radius 3 is 2.80 bits per heavy atom. The Morgan fingerprint density at radius 1 is 1.35 bits per heavy atom. The minimum atomic E-state index is -0.746. The molecule has 106 valence electrons. The maximum absolute atomic E-state index is 13.2. The van der Waals surface area contributed by atoms with Gasteiger partial charge in [0.15, 0.2) is 0 Å². The summed E-state index contributed by atoms with van der Waals surface area (Å²) in [6, 6.07) is 4.36. The number of H-pyrrole nitrogens is 1. The van der Waals surface area contributed by atoms with Crippen LogP contribution in [-0.2, 0) is 11.2 Å². The first kappa shape index (κ1) is 13.1. The van der Waals surface area contributed by atoms with Crippen LogP contribution in [0, 0.1) is 11.2 Å². The van der Waals surface area contributed by atoms with E-state index in [1.165, 1.54) is 12.1 Å². The van der Waals surface area contributed by atoms with Crippen molar-refractivity contribution >= 4 is 17.0 Å². The molecule has 0 unspecified atom stereocenters. The highest BCUT2D eigenvalue weighted by Crippen LogP contribution is 2.39. The number of hydrogen-bond donors (Lipinski definition) is 2. The van der Waals surface area contributed by atoms with E-state index in [-0.39, 0.29) is 5.82 Å². The zero-order valence-corrected chi connectivity index (χ0v) is 11.2. The van der Waals surface area contributed by atoms with Gasteiger partial charge in [-0.15, -0.1) is 0 Å². The van der Waals surface area contributed by atoms with Crippen LogP contribution in [0.25, 0.3) is 11.0 Å². The SMILES string of the molecule is O=C(O)C1(Cc2nc3ccc(F)cc3[nH]2)CCCCC1. The van der Waals surface area contributed by atoms with Gasteiger partial charge in [-0.05, 0) is 31.0 Å². The molecule has 0 radical (unpaired) electrons. The number of halogens is 1. The highest BCUT2D eigenvalue weighted by Gasteiger charge is 2.40. The Hall–Kier alpha value is -1.91. The molecule has 1 heterocycles. The Morgan fingerprint density at radius 2 is 2.10 bits per heavy atom.